The maximum Gasteiger partial charge on any atom is 0.335 e. The van der Waals surface area contributed by atoms with Gasteiger partial charge in [-0.25, -0.2) is 9.80 Å². The van der Waals surface area contributed by atoms with Gasteiger partial charge in [0.15, 0.2) is 5.17 Å². The fourth-order valence-corrected chi connectivity index (χ4v) is 5.49. The van der Waals surface area contributed by atoms with Crippen LogP contribution in [0, 0.1) is 0 Å². The Morgan fingerprint density at radius 1 is 1.03 bits per heavy atom. The minimum Gasteiger partial charge on any atom is -0.478 e. The van der Waals surface area contributed by atoms with Crippen molar-refractivity contribution in [3.05, 3.63) is 95.6 Å². The number of amides is 2. The molecule has 0 aliphatic carbocycles. The lowest BCUT2D eigenvalue weighted by Gasteiger charge is -2.24. The molecular weight excluding hydrogens is 514 g/mol. The van der Waals surface area contributed by atoms with E-state index in [0.717, 1.165) is 22.5 Å². The molecule has 39 heavy (non-hydrogen) atoms. The fraction of sp³-hybridized carbons (Fsp3) is 0.207. The predicted molar refractivity (Wildman–Crippen MR) is 153 cm³/mol. The Labute approximate surface area is 230 Å². The van der Waals surface area contributed by atoms with Crippen molar-refractivity contribution in [2.45, 2.75) is 24.1 Å². The van der Waals surface area contributed by atoms with E-state index in [1.54, 1.807) is 5.01 Å². The molecule has 0 bridgehead atoms. The standard InChI is InChI=1S/C29H27N5O4S/c1-33(2)22-14-10-19(11-15-22)24-16-23(18-6-4-3-5-7-18)32-34(24)29-31-27(36)25(39-29)17-26(35)30-21-12-8-20(9-13-21)28(37)38/h3-15,24-25H,16-17H2,1-2H3,(H,30,35)(H,37,38). The number of thioether (sulfide) groups is 1. The van der Waals surface area contributed by atoms with Gasteiger partial charge in [-0.05, 0) is 47.5 Å². The van der Waals surface area contributed by atoms with Crippen molar-refractivity contribution in [2.75, 3.05) is 24.3 Å². The highest BCUT2D eigenvalue weighted by Gasteiger charge is 2.39. The molecule has 0 spiro atoms. The number of benzene rings is 3. The van der Waals surface area contributed by atoms with Crippen LogP contribution in [-0.4, -0.2) is 58.1 Å². The summed E-state index contributed by atoms with van der Waals surface area (Å²) in [7, 11) is 3.98. The average molecular weight is 542 g/mol. The Hall–Kier alpha value is -4.44. The molecule has 0 aromatic heterocycles. The average Bonchev–Trinajstić information content (AvgIpc) is 3.53. The maximum atomic E-state index is 12.8. The van der Waals surface area contributed by atoms with Crippen LogP contribution in [0.25, 0.3) is 0 Å². The van der Waals surface area contributed by atoms with Crippen molar-refractivity contribution in [1.29, 1.82) is 0 Å². The highest BCUT2D eigenvalue weighted by molar-refractivity contribution is 8.15. The van der Waals surface area contributed by atoms with Gasteiger partial charge in [0.1, 0.15) is 5.25 Å². The second kappa shape index (κ2) is 11.1. The summed E-state index contributed by atoms with van der Waals surface area (Å²) in [6.07, 6.45) is 0.582. The first kappa shape index (κ1) is 26.2. The lowest BCUT2D eigenvalue weighted by molar-refractivity contribution is -0.121. The summed E-state index contributed by atoms with van der Waals surface area (Å²) < 4.78 is 0. The smallest absolute Gasteiger partial charge is 0.335 e. The third-order valence-electron chi connectivity index (χ3n) is 6.52. The topological polar surface area (TPSA) is 115 Å². The van der Waals surface area contributed by atoms with Crippen molar-refractivity contribution >= 4 is 51.8 Å². The quantitative estimate of drug-likeness (QED) is 0.448. The Morgan fingerprint density at radius 2 is 1.72 bits per heavy atom. The van der Waals surface area contributed by atoms with E-state index in [9.17, 15) is 14.4 Å². The molecule has 198 valence electrons. The number of carboxylic acid groups (broad SMARTS) is 1. The Bertz CT molecular complexity index is 1450. The van der Waals surface area contributed by atoms with Crippen LogP contribution in [0.5, 0.6) is 0 Å². The molecule has 2 aliphatic rings. The fourth-order valence-electron chi connectivity index (χ4n) is 4.43. The van der Waals surface area contributed by atoms with Gasteiger partial charge < -0.3 is 15.3 Å². The Balaban J connectivity index is 1.32. The van der Waals surface area contributed by atoms with Crippen molar-refractivity contribution in [3.8, 4) is 0 Å². The molecule has 3 aromatic rings. The van der Waals surface area contributed by atoms with E-state index >= 15 is 0 Å². The summed E-state index contributed by atoms with van der Waals surface area (Å²) in [5.41, 5.74) is 4.63. The monoisotopic (exact) mass is 541 g/mol. The molecule has 2 unspecified atom stereocenters. The number of carbonyl (C=O) groups excluding carboxylic acids is 2. The lowest BCUT2D eigenvalue weighted by Crippen LogP contribution is -2.25. The number of anilines is 2. The van der Waals surface area contributed by atoms with Gasteiger partial charge in [0, 0.05) is 38.3 Å². The zero-order valence-electron chi connectivity index (χ0n) is 21.4. The second-order valence-corrected chi connectivity index (χ2v) is 10.6. The SMILES string of the molecule is CN(C)c1ccc(C2CC(c3ccccc3)=NN2C2=NC(=O)C(CC(=O)Nc3ccc(C(=O)O)cc3)S2)cc1. The number of carboxylic acids is 1. The van der Waals surface area contributed by atoms with Gasteiger partial charge in [0.2, 0.25) is 5.91 Å². The van der Waals surface area contributed by atoms with Gasteiger partial charge >= 0.3 is 5.97 Å². The molecule has 0 fully saturated rings. The van der Waals surface area contributed by atoms with Gasteiger partial charge in [0.25, 0.3) is 5.91 Å². The summed E-state index contributed by atoms with van der Waals surface area (Å²) in [4.78, 5) is 42.9. The largest absolute Gasteiger partial charge is 0.478 e. The molecule has 2 N–H and O–H groups in total. The molecule has 2 heterocycles. The van der Waals surface area contributed by atoms with E-state index in [1.165, 1.54) is 36.0 Å². The minimum absolute atomic E-state index is 0.0670. The van der Waals surface area contributed by atoms with Crippen LogP contribution in [0.4, 0.5) is 11.4 Å². The number of hydrogen-bond acceptors (Lipinski definition) is 7. The minimum atomic E-state index is -1.04. The summed E-state index contributed by atoms with van der Waals surface area (Å²) >= 11 is 1.24. The van der Waals surface area contributed by atoms with Crippen LogP contribution in [-0.2, 0) is 9.59 Å². The predicted octanol–water partition coefficient (Wildman–Crippen LogP) is 4.63. The summed E-state index contributed by atoms with van der Waals surface area (Å²) in [5.74, 6) is -1.78. The van der Waals surface area contributed by atoms with Crippen molar-refractivity contribution in [2.24, 2.45) is 10.1 Å². The van der Waals surface area contributed by atoms with Crippen molar-refractivity contribution in [1.82, 2.24) is 5.01 Å². The van der Waals surface area contributed by atoms with Crippen LogP contribution in [0.1, 0.15) is 40.4 Å². The summed E-state index contributed by atoms with van der Waals surface area (Å²) in [6, 6.07) is 23.9. The Kier molecular flexibility index (Phi) is 7.47. The van der Waals surface area contributed by atoms with Gasteiger partial charge in [-0.15, -0.1) is 0 Å². The van der Waals surface area contributed by atoms with E-state index in [0.29, 0.717) is 17.3 Å². The summed E-state index contributed by atoms with van der Waals surface area (Å²) in [6.45, 7) is 0. The molecule has 0 saturated carbocycles. The number of hydrazone groups is 1. The zero-order valence-corrected chi connectivity index (χ0v) is 22.3. The first-order valence-electron chi connectivity index (χ1n) is 12.4. The van der Waals surface area contributed by atoms with E-state index < -0.39 is 11.2 Å². The van der Waals surface area contributed by atoms with Gasteiger partial charge in [-0.2, -0.15) is 10.1 Å². The summed E-state index contributed by atoms with van der Waals surface area (Å²) in [5, 5.41) is 18.2. The third-order valence-corrected chi connectivity index (χ3v) is 7.66. The molecule has 9 nitrogen and oxygen atoms in total. The van der Waals surface area contributed by atoms with E-state index in [1.807, 2.05) is 49.3 Å². The normalized spacial score (nSPS) is 18.5. The molecule has 2 atom stereocenters. The molecule has 0 radical (unpaired) electrons. The van der Waals surface area contributed by atoms with Crippen molar-refractivity contribution in [3.63, 3.8) is 0 Å². The number of aliphatic imine (C=N–C) groups is 1. The number of nitrogens with one attached hydrogen (secondary N) is 1. The van der Waals surface area contributed by atoms with Crippen LogP contribution >= 0.6 is 11.8 Å². The van der Waals surface area contributed by atoms with E-state index in [2.05, 4.69) is 34.6 Å². The third kappa shape index (κ3) is 5.85. The zero-order chi connectivity index (χ0) is 27.5. The first-order chi connectivity index (χ1) is 18.8. The molecule has 2 amide bonds. The van der Waals surface area contributed by atoms with Gasteiger partial charge in [0.05, 0.1) is 17.3 Å². The number of amidine groups is 1. The van der Waals surface area contributed by atoms with E-state index in [4.69, 9.17) is 10.2 Å². The highest BCUT2D eigenvalue weighted by atomic mass is 32.2. The number of rotatable bonds is 7. The van der Waals surface area contributed by atoms with Crippen LogP contribution in [0.2, 0.25) is 0 Å². The van der Waals surface area contributed by atoms with Gasteiger partial charge in [-0.3, -0.25) is 9.59 Å². The van der Waals surface area contributed by atoms with E-state index in [-0.39, 0.29) is 29.8 Å². The molecule has 0 saturated heterocycles. The molecule has 3 aromatic carbocycles. The molecule has 5 rings (SSSR count). The Morgan fingerprint density at radius 3 is 2.36 bits per heavy atom. The van der Waals surface area contributed by atoms with Crippen LogP contribution in [0.15, 0.2) is 89.0 Å². The van der Waals surface area contributed by atoms with Crippen LogP contribution < -0.4 is 10.2 Å². The van der Waals surface area contributed by atoms with Gasteiger partial charge in [-0.1, -0.05) is 54.2 Å². The highest BCUT2D eigenvalue weighted by Crippen LogP contribution is 2.39. The number of hydrogen-bond donors (Lipinski definition) is 2. The van der Waals surface area contributed by atoms with Crippen molar-refractivity contribution < 1.29 is 19.5 Å². The second-order valence-electron chi connectivity index (χ2n) is 9.44. The first-order valence-corrected chi connectivity index (χ1v) is 13.3. The molecule has 10 heteroatoms. The van der Waals surface area contributed by atoms with Crippen LogP contribution in [0.3, 0.4) is 0 Å². The number of carbonyl (C=O) groups is 3. The number of aromatic carboxylic acids is 1. The lowest BCUT2D eigenvalue weighted by atomic mass is 9.98. The number of nitrogens with zero attached hydrogens (tertiary/aromatic N) is 4. The maximum absolute atomic E-state index is 12.8. The molecular formula is C29H27N5O4S. The molecule has 2 aliphatic heterocycles.